The Balaban J connectivity index is 1.61. The van der Waals surface area contributed by atoms with E-state index in [1.165, 1.54) is 0 Å². The molecule has 20 heavy (non-hydrogen) atoms. The fourth-order valence-electron chi connectivity index (χ4n) is 2.61. The van der Waals surface area contributed by atoms with E-state index in [4.69, 9.17) is 5.11 Å². The Bertz CT molecular complexity index is 437. The first-order valence-corrected chi connectivity index (χ1v) is 7.12. The molecule has 0 saturated heterocycles. The van der Waals surface area contributed by atoms with E-state index in [9.17, 15) is 9.59 Å². The predicted octanol–water partition coefficient (Wildman–Crippen LogP) is 1.28. The topological polar surface area (TPSA) is 84.2 Å². The van der Waals surface area contributed by atoms with Gasteiger partial charge in [-0.25, -0.2) is 0 Å². The molecule has 1 aliphatic rings. The smallest absolute Gasteiger partial charge is 0.306 e. The van der Waals surface area contributed by atoms with Crippen LogP contribution in [0.4, 0.5) is 0 Å². The summed E-state index contributed by atoms with van der Waals surface area (Å²) in [6, 6.07) is 1.83. The van der Waals surface area contributed by atoms with Crippen LogP contribution in [0.15, 0.2) is 18.5 Å². The average Bonchev–Trinajstić information content (AvgIpc) is 2.96. The normalized spacial score (nSPS) is 22.4. The lowest BCUT2D eigenvalue weighted by molar-refractivity contribution is -0.143. The van der Waals surface area contributed by atoms with Gasteiger partial charge in [0.05, 0.1) is 5.92 Å². The molecule has 2 N–H and O–H groups in total. The summed E-state index contributed by atoms with van der Waals surface area (Å²) >= 11 is 0. The number of nitrogens with zero attached hydrogens (tertiary/aromatic N) is 2. The lowest BCUT2D eigenvalue weighted by atomic mass is 9.82. The Morgan fingerprint density at radius 1 is 1.30 bits per heavy atom. The van der Waals surface area contributed by atoms with E-state index < -0.39 is 5.97 Å². The van der Waals surface area contributed by atoms with Crippen LogP contribution >= 0.6 is 0 Å². The average molecular weight is 279 g/mol. The van der Waals surface area contributed by atoms with Gasteiger partial charge in [-0.2, -0.15) is 5.10 Å². The van der Waals surface area contributed by atoms with Crippen LogP contribution in [0.25, 0.3) is 0 Å². The van der Waals surface area contributed by atoms with E-state index in [1.807, 2.05) is 12.3 Å². The first kappa shape index (κ1) is 14.6. The number of aliphatic carboxylic acids is 1. The number of rotatable bonds is 6. The summed E-state index contributed by atoms with van der Waals surface area (Å²) in [5.74, 6) is -0.436. The summed E-state index contributed by atoms with van der Waals surface area (Å²) < 4.78 is 1.73. The van der Waals surface area contributed by atoms with Crippen LogP contribution in [0.2, 0.25) is 0 Å². The molecule has 1 saturated carbocycles. The van der Waals surface area contributed by atoms with Gasteiger partial charge in [0.1, 0.15) is 0 Å². The van der Waals surface area contributed by atoms with E-state index in [0.717, 1.165) is 25.7 Å². The molecule has 1 fully saturated rings. The van der Waals surface area contributed by atoms with Crippen molar-refractivity contribution >= 4 is 11.9 Å². The largest absolute Gasteiger partial charge is 0.481 e. The molecule has 1 aliphatic carbocycles. The fourth-order valence-corrected chi connectivity index (χ4v) is 2.61. The van der Waals surface area contributed by atoms with Gasteiger partial charge in [-0.3, -0.25) is 14.3 Å². The minimum absolute atomic E-state index is 0.0286. The number of hydrogen-bond acceptors (Lipinski definition) is 3. The molecule has 6 nitrogen and oxygen atoms in total. The lowest BCUT2D eigenvalue weighted by Gasteiger charge is -2.26. The van der Waals surface area contributed by atoms with Gasteiger partial charge in [0.25, 0.3) is 0 Å². The summed E-state index contributed by atoms with van der Waals surface area (Å²) in [6.45, 7) is 1.24. The Hall–Kier alpha value is -1.85. The van der Waals surface area contributed by atoms with E-state index in [-0.39, 0.29) is 11.8 Å². The van der Waals surface area contributed by atoms with Gasteiger partial charge in [0.2, 0.25) is 5.91 Å². The van der Waals surface area contributed by atoms with Gasteiger partial charge in [0.15, 0.2) is 0 Å². The SMILES string of the molecule is O=C(CCn1cccn1)NCC1CCC(C(=O)O)CC1. The van der Waals surface area contributed by atoms with Crippen LogP contribution in [0.1, 0.15) is 32.1 Å². The predicted molar refractivity (Wildman–Crippen MR) is 72.9 cm³/mol. The van der Waals surface area contributed by atoms with E-state index >= 15 is 0 Å². The Kier molecular flexibility index (Phi) is 5.15. The van der Waals surface area contributed by atoms with Gasteiger partial charge in [-0.05, 0) is 37.7 Å². The summed E-state index contributed by atoms with van der Waals surface area (Å²) in [5.41, 5.74) is 0. The van der Waals surface area contributed by atoms with Crippen molar-refractivity contribution in [2.45, 2.75) is 38.6 Å². The first-order chi connectivity index (χ1) is 9.65. The third-order valence-corrected chi connectivity index (χ3v) is 3.91. The molecule has 0 atom stereocenters. The van der Waals surface area contributed by atoms with Crippen molar-refractivity contribution in [2.75, 3.05) is 6.54 Å². The molecule has 1 aromatic rings. The standard InChI is InChI=1S/C14H21N3O3/c18-13(6-9-17-8-1-7-16-17)15-10-11-2-4-12(5-3-11)14(19)20/h1,7-8,11-12H,2-6,9-10H2,(H,15,18)(H,19,20). The second kappa shape index (κ2) is 7.07. The van der Waals surface area contributed by atoms with Crippen molar-refractivity contribution in [2.24, 2.45) is 11.8 Å². The molecule has 0 radical (unpaired) electrons. The van der Waals surface area contributed by atoms with Crippen LogP contribution in [-0.2, 0) is 16.1 Å². The number of carbonyl (C=O) groups is 2. The molecule has 0 aromatic carbocycles. The maximum absolute atomic E-state index is 11.7. The lowest BCUT2D eigenvalue weighted by Crippen LogP contribution is -2.32. The molecule has 0 unspecified atom stereocenters. The summed E-state index contributed by atoms with van der Waals surface area (Å²) in [7, 11) is 0. The minimum Gasteiger partial charge on any atom is -0.481 e. The fraction of sp³-hybridized carbons (Fsp3) is 0.643. The highest BCUT2D eigenvalue weighted by molar-refractivity contribution is 5.75. The van der Waals surface area contributed by atoms with Crippen molar-refractivity contribution in [3.8, 4) is 0 Å². The maximum Gasteiger partial charge on any atom is 0.306 e. The number of amides is 1. The molecular formula is C14H21N3O3. The summed E-state index contributed by atoms with van der Waals surface area (Å²) in [4.78, 5) is 22.6. The molecule has 110 valence electrons. The van der Waals surface area contributed by atoms with Gasteiger partial charge in [-0.15, -0.1) is 0 Å². The zero-order valence-corrected chi connectivity index (χ0v) is 11.5. The van der Waals surface area contributed by atoms with Crippen LogP contribution in [0.3, 0.4) is 0 Å². The third kappa shape index (κ3) is 4.36. The molecule has 2 rings (SSSR count). The van der Waals surface area contributed by atoms with Crippen molar-refractivity contribution < 1.29 is 14.7 Å². The maximum atomic E-state index is 11.7. The second-order valence-corrected chi connectivity index (χ2v) is 5.38. The molecule has 1 heterocycles. The van der Waals surface area contributed by atoms with Crippen molar-refractivity contribution in [3.05, 3.63) is 18.5 Å². The van der Waals surface area contributed by atoms with Crippen LogP contribution in [-0.4, -0.2) is 33.3 Å². The summed E-state index contributed by atoms with van der Waals surface area (Å²) in [6.07, 6.45) is 7.17. The van der Waals surface area contributed by atoms with Gasteiger partial charge >= 0.3 is 5.97 Å². The van der Waals surface area contributed by atoms with Crippen molar-refractivity contribution in [1.82, 2.24) is 15.1 Å². The molecule has 0 bridgehead atoms. The van der Waals surface area contributed by atoms with Crippen LogP contribution in [0.5, 0.6) is 0 Å². The monoisotopic (exact) mass is 279 g/mol. The van der Waals surface area contributed by atoms with Gasteiger partial charge in [-0.1, -0.05) is 0 Å². The van der Waals surface area contributed by atoms with Crippen LogP contribution in [0, 0.1) is 11.8 Å². The van der Waals surface area contributed by atoms with E-state index in [1.54, 1.807) is 10.9 Å². The Morgan fingerprint density at radius 2 is 2.05 bits per heavy atom. The number of nitrogens with one attached hydrogen (secondary N) is 1. The van der Waals surface area contributed by atoms with Gasteiger partial charge < -0.3 is 10.4 Å². The highest BCUT2D eigenvalue weighted by Gasteiger charge is 2.25. The molecule has 1 aromatic heterocycles. The minimum atomic E-state index is -0.688. The number of carboxylic acid groups (broad SMARTS) is 1. The van der Waals surface area contributed by atoms with Crippen LogP contribution < -0.4 is 5.32 Å². The Labute approximate surface area is 118 Å². The third-order valence-electron chi connectivity index (χ3n) is 3.91. The molecule has 1 amide bonds. The highest BCUT2D eigenvalue weighted by Crippen LogP contribution is 2.28. The molecule has 0 aliphatic heterocycles. The second-order valence-electron chi connectivity index (χ2n) is 5.38. The molecular weight excluding hydrogens is 258 g/mol. The van der Waals surface area contributed by atoms with E-state index in [2.05, 4.69) is 10.4 Å². The number of carboxylic acids is 1. The van der Waals surface area contributed by atoms with Crippen molar-refractivity contribution in [1.29, 1.82) is 0 Å². The molecule has 6 heteroatoms. The quantitative estimate of drug-likeness (QED) is 0.821. The first-order valence-electron chi connectivity index (χ1n) is 7.12. The summed E-state index contributed by atoms with van der Waals surface area (Å²) in [5, 5.41) is 15.9. The van der Waals surface area contributed by atoms with E-state index in [0.29, 0.717) is 25.4 Å². The number of aryl methyl sites for hydroxylation is 1. The number of aromatic nitrogens is 2. The van der Waals surface area contributed by atoms with Gasteiger partial charge in [0, 0.05) is 31.9 Å². The highest BCUT2D eigenvalue weighted by atomic mass is 16.4. The molecule has 0 spiro atoms. The zero-order chi connectivity index (χ0) is 14.4. The van der Waals surface area contributed by atoms with Crippen molar-refractivity contribution in [3.63, 3.8) is 0 Å². The Morgan fingerprint density at radius 3 is 2.65 bits per heavy atom. The number of carbonyl (C=O) groups excluding carboxylic acids is 1. The number of hydrogen-bond donors (Lipinski definition) is 2. The zero-order valence-electron chi connectivity index (χ0n) is 11.5.